The highest BCUT2D eigenvalue weighted by Crippen LogP contribution is 2.31. The fraction of sp³-hybridized carbons (Fsp3) is 0.474. The molecule has 0 amide bonds. The molecule has 6 nitrogen and oxygen atoms in total. The zero-order valence-corrected chi connectivity index (χ0v) is 15.4. The number of aliphatic hydroxyl groups excluding tert-OH is 1. The van der Waals surface area contributed by atoms with E-state index in [1.165, 1.54) is 12.8 Å². The van der Waals surface area contributed by atoms with Crippen LogP contribution in [0.4, 0.5) is 5.82 Å². The van der Waals surface area contributed by atoms with Gasteiger partial charge in [-0.2, -0.15) is 0 Å². The third-order valence-electron chi connectivity index (χ3n) is 4.04. The summed E-state index contributed by atoms with van der Waals surface area (Å²) in [6.45, 7) is 4.81. The van der Waals surface area contributed by atoms with Crippen molar-refractivity contribution in [3.8, 4) is 22.9 Å². The normalized spacial score (nSPS) is 10.6. The van der Waals surface area contributed by atoms with E-state index in [4.69, 9.17) is 9.47 Å². The van der Waals surface area contributed by atoms with Gasteiger partial charge in [0.05, 0.1) is 32.2 Å². The second kappa shape index (κ2) is 9.22. The number of aryl methyl sites for hydroxylation is 1. The van der Waals surface area contributed by atoms with Crippen LogP contribution >= 0.6 is 0 Å². The highest BCUT2D eigenvalue weighted by atomic mass is 16.5. The quantitative estimate of drug-likeness (QED) is 0.677. The number of hydrogen-bond acceptors (Lipinski definition) is 6. The molecule has 1 aromatic heterocycles. The van der Waals surface area contributed by atoms with E-state index in [0.29, 0.717) is 23.1 Å². The fourth-order valence-corrected chi connectivity index (χ4v) is 2.66. The molecular formula is C19H27N3O3. The Morgan fingerprint density at radius 2 is 1.92 bits per heavy atom. The summed E-state index contributed by atoms with van der Waals surface area (Å²) >= 11 is 0. The zero-order chi connectivity index (χ0) is 18.2. The van der Waals surface area contributed by atoms with E-state index in [-0.39, 0.29) is 6.61 Å². The Morgan fingerprint density at radius 1 is 1.12 bits per heavy atom. The Balaban J connectivity index is 2.36. The standard InChI is InChI=1S/C19H27N3O3/c1-5-6-7-10-20-18-19(25-4)22-17(13(2)21-18)16-9-8-15(24-3)11-14(16)12-23/h8-9,11,23H,5-7,10,12H2,1-4H3,(H,20,21). The van der Waals surface area contributed by atoms with Crippen LogP contribution in [0.25, 0.3) is 11.3 Å². The first-order chi connectivity index (χ1) is 12.1. The lowest BCUT2D eigenvalue weighted by molar-refractivity contribution is 0.281. The van der Waals surface area contributed by atoms with Crippen LogP contribution in [0.3, 0.4) is 0 Å². The minimum atomic E-state index is -0.104. The molecule has 0 unspecified atom stereocenters. The molecule has 2 aromatic rings. The zero-order valence-electron chi connectivity index (χ0n) is 15.4. The number of methoxy groups -OCH3 is 2. The maximum absolute atomic E-state index is 9.69. The Morgan fingerprint density at radius 3 is 2.56 bits per heavy atom. The number of aliphatic hydroxyl groups is 1. The molecule has 1 heterocycles. The average molecular weight is 345 g/mol. The molecule has 0 spiro atoms. The second-order valence-corrected chi connectivity index (χ2v) is 5.83. The molecule has 0 aliphatic carbocycles. The molecule has 25 heavy (non-hydrogen) atoms. The van der Waals surface area contributed by atoms with E-state index in [0.717, 1.165) is 29.8 Å². The number of nitrogens with one attached hydrogen (secondary N) is 1. The van der Waals surface area contributed by atoms with Crippen molar-refractivity contribution >= 4 is 5.82 Å². The van der Waals surface area contributed by atoms with Crippen LogP contribution in [-0.2, 0) is 6.61 Å². The molecule has 1 aromatic carbocycles. The molecule has 0 fully saturated rings. The molecule has 2 rings (SSSR count). The van der Waals surface area contributed by atoms with Crippen molar-refractivity contribution in [3.63, 3.8) is 0 Å². The first-order valence-electron chi connectivity index (χ1n) is 8.59. The Bertz CT molecular complexity index is 705. The van der Waals surface area contributed by atoms with Gasteiger partial charge in [0, 0.05) is 12.1 Å². The van der Waals surface area contributed by atoms with Crippen LogP contribution in [-0.4, -0.2) is 35.8 Å². The number of aromatic nitrogens is 2. The summed E-state index contributed by atoms with van der Waals surface area (Å²) in [5.41, 5.74) is 3.04. The van der Waals surface area contributed by atoms with Gasteiger partial charge >= 0.3 is 0 Å². The lowest BCUT2D eigenvalue weighted by Crippen LogP contribution is -2.09. The molecule has 6 heteroatoms. The molecule has 0 aliphatic rings. The second-order valence-electron chi connectivity index (χ2n) is 5.83. The summed E-state index contributed by atoms with van der Waals surface area (Å²) in [7, 11) is 3.19. The number of unbranched alkanes of at least 4 members (excludes halogenated alkanes) is 2. The number of hydrogen-bond donors (Lipinski definition) is 2. The minimum Gasteiger partial charge on any atom is -0.497 e. The molecule has 0 radical (unpaired) electrons. The smallest absolute Gasteiger partial charge is 0.257 e. The average Bonchev–Trinajstić information content (AvgIpc) is 2.65. The maximum atomic E-state index is 9.69. The van der Waals surface area contributed by atoms with E-state index in [9.17, 15) is 5.11 Å². The van der Waals surface area contributed by atoms with Gasteiger partial charge in [-0.1, -0.05) is 19.8 Å². The van der Waals surface area contributed by atoms with Crippen LogP contribution in [0.15, 0.2) is 18.2 Å². The van der Waals surface area contributed by atoms with Crippen molar-refractivity contribution in [1.29, 1.82) is 0 Å². The van der Waals surface area contributed by atoms with Crippen LogP contribution < -0.4 is 14.8 Å². The third kappa shape index (κ3) is 4.60. The fourth-order valence-electron chi connectivity index (χ4n) is 2.66. The highest BCUT2D eigenvalue weighted by molar-refractivity contribution is 5.69. The molecule has 136 valence electrons. The first kappa shape index (κ1) is 19.0. The SMILES string of the molecule is CCCCCNc1nc(C)c(-c2ccc(OC)cc2CO)nc1OC. The molecular weight excluding hydrogens is 318 g/mol. The van der Waals surface area contributed by atoms with Gasteiger partial charge in [0.25, 0.3) is 5.88 Å². The maximum Gasteiger partial charge on any atom is 0.257 e. The van der Waals surface area contributed by atoms with Crippen molar-refractivity contribution in [3.05, 3.63) is 29.5 Å². The first-order valence-corrected chi connectivity index (χ1v) is 8.59. The van der Waals surface area contributed by atoms with Gasteiger partial charge in [0.2, 0.25) is 0 Å². The Labute approximate surface area is 149 Å². The van der Waals surface area contributed by atoms with E-state index in [2.05, 4.69) is 22.2 Å². The van der Waals surface area contributed by atoms with Gasteiger partial charge in [-0.25, -0.2) is 9.97 Å². The third-order valence-corrected chi connectivity index (χ3v) is 4.04. The van der Waals surface area contributed by atoms with E-state index >= 15 is 0 Å². The van der Waals surface area contributed by atoms with Crippen LogP contribution in [0.2, 0.25) is 0 Å². The largest absolute Gasteiger partial charge is 0.497 e. The van der Waals surface area contributed by atoms with Crippen LogP contribution in [0, 0.1) is 6.92 Å². The van der Waals surface area contributed by atoms with Gasteiger partial charge in [0.1, 0.15) is 5.75 Å². The summed E-state index contributed by atoms with van der Waals surface area (Å²) in [6, 6.07) is 5.54. The predicted molar refractivity (Wildman–Crippen MR) is 99.2 cm³/mol. The van der Waals surface area contributed by atoms with Crippen molar-refractivity contribution < 1.29 is 14.6 Å². The number of benzene rings is 1. The van der Waals surface area contributed by atoms with Gasteiger partial charge in [-0.15, -0.1) is 0 Å². The molecule has 0 atom stereocenters. The van der Waals surface area contributed by atoms with Crippen LogP contribution in [0.5, 0.6) is 11.6 Å². The van der Waals surface area contributed by atoms with Crippen molar-refractivity contribution in [1.82, 2.24) is 9.97 Å². The lowest BCUT2D eigenvalue weighted by atomic mass is 10.0. The summed E-state index contributed by atoms with van der Waals surface area (Å²) in [5.74, 6) is 1.80. The molecule has 0 aliphatic heterocycles. The van der Waals surface area contributed by atoms with Crippen molar-refractivity contribution in [2.45, 2.75) is 39.7 Å². The summed E-state index contributed by atoms with van der Waals surface area (Å²) in [5, 5.41) is 13.0. The van der Waals surface area contributed by atoms with Gasteiger partial charge in [0.15, 0.2) is 5.82 Å². The number of anilines is 1. The molecule has 0 saturated carbocycles. The minimum absolute atomic E-state index is 0.104. The van der Waals surface area contributed by atoms with E-state index in [1.807, 2.05) is 19.1 Å². The number of nitrogens with zero attached hydrogens (tertiary/aromatic N) is 2. The van der Waals surface area contributed by atoms with Crippen molar-refractivity contribution in [2.75, 3.05) is 26.1 Å². The van der Waals surface area contributed by atoms with E-state index < -0.39 is 0 Å². The van der Waals surface area contributed by atoms with Gasteiger partial charge in [-0.3, -0.25) is 0 Å². The van der Waals surface area contributed by atoms with Gasteiger partial charge in [-0.05, 0) is 37.1 Å². The number of ether oxygens (including phenoxy) is 2. The summed E-state index contributed by atoms with van der Waals surface area (Å²) < 4.78 is 10.6. The van der Waals surface area contributed by atoms with Crippen molar-refractivity contribution in [2.24, 2.45) is 0 Å². The molecule has 2 N–H and O–H groups in total. The summed E-state index contributed by atoms with van der Waals surface area (Å²) in [6.07, 6.45) is 3.42. The predicted octanol–water partition coefficient (Wildman–Crippen LogP) is 3.56. The van der Waals surface area contributed by atoms with Crippen LogP contribution in [0.1, 0.15) is 37.4 Å². The topological polar surface area (TPSA) is 76.5 Å². The van der Waals surface area contributed by atoms with Gasteiger partial charge < -0.3 is 19.9 Å². The molecule has 0 bridgehead atoms. The Hall–Kier alpha value is -2.34. The monoisotopic (exact) mass is 345 g/mol. The summed E-state index contributed by atoms with van der Waals surface area (Å²) in [4.78, 5) is 9.25. The van der Waals surface area contributed by atoms with E-state index in [1.54, 1.807) is 20.3 Å². The Kier molecular flexibility index (Phi) is 7.01. The molecule has 0 saturated heterocycles. The number of rotatable bonds is 9. The highest BCUT2D eigenvalue weighted by Gasteiger charge is 2.16. The lowest BCUT2D eigenvalue weighted by Gasteiger charge is -2.15.